The van der Waals surface area contributed by atoms with E-state index in [1.165, 1.54) is 55.8 Å². The quantitative estimate of drug-likeness (QED) is 0.0171. The molecular formula is C92H92Br3Cl3F3N15O8. The number of aromatic nitrogens is 6. The lowest BCUT2D eigenvalue weighted by molar-refractivity contribution is -0.132. The van der Waals surface area contributed by atoms with Gasteiger partial charge in [-0.1, -0.05) is 161 Å². The van der Waals surface area contributed by atoms with Gasteiger partial charge in [0.15, 0.2) is 29.0 Å². The van der Waals surface area contributed by atoms with E-state index >= 15 is 0 Å². The first kappa shape index (κ1) is 93.4. The van der Waals surface area contributed by atoms with Gasteiger partial charge in [-0.3, -0.25) is 14.5 Å². The van der Waals surface area contributed by atoms with Crippen LogP contribution in [0.2, 0.25) is 15.1 Å². The molecule has 5 saturated heterocycles. The van der Waals surface area contributed by atoms with Crippen molar-refractivity contribution in [1.29, 1.82) is 0 Å². The van der Waals surface area contributed by atoms with E-state index in [9.17, 15) is 32.3 Å². The smallest absolute Gasteiger partial charge is 0.328 e. The minimum Gasteiger partial charge on any atom is -0.478 e. The number of ketones is 2. The number of halogens is 9. The van der Waals surface area contributed by atoms with Crippen molar-refractivity contribution in [2.45, 2.75) is 32.1 Å². The van der Waals surface area contributed by atoms with E-state index in [1.807, 2.05) is 36.4 Å². The summed E-state index contributed by atoms with van der Waals surface area (Å²) in [6, 6.07) is 25.5. The van der Waals surface area contributed by atoms with Gasteiger partial charge in [-0.05, 0) is 154 Å². The maximum Gasteiger partial charge on any atom is 0.328 e. The van der Waals surface area contributed by atoms with Crippen LogP contribution in [-0.4, -0.2) is 219 Å². The number of carboxylic acids is 2. The lowest BCUT2D eigenvalue weighted by Gasteiger charge is -2.25. The fraction of sp³-hybridized carbons (Fsp3) is 0.348. The highest BCUT2D eigenvalue weighted by Gasteiger charge is 2.60. The zero-order valence-corrected chi connectivity index (χ0v) is 75.3. The Labute approximate surface area is 758 Å². The number of nitrogens with two attached hydrogens (primary N) is 1. The van der Waals surface area contributed by atoms with Gasteiger partial charge in [0.25, 0.3) is 0 Å². The number of aliphatic carboxylic acids is 2. The average Bonchev–Trinajstić information content (AvgIpc) is 1.58. The molecular weight excluding hydrogens is 1850 g/mol. The number of allylic oxidation sites excluding steroid dienone is 5. The minimum absolute atomic E-state index is 0.00837. The minimum atomic E-state index is -0.903. The first-order valence-corrected chi connectivity index (χ1v) is 44.6. The summed E-state index contributed by atoms with van der Waals surface area (Å²) in [5.74, 6) is 20.3. The second-order valence-corrected chi connectivity index (χ2v) is 34.3. The summed E-state index contributed by atoms with van der Waals surface area (Å²) in [6.07, 6.45) is 20.2. The van der Waals surface area contributed by atoms with Gasteiger partial charge < -0.3 is 61.4 Å². The van der Waals surface area contributed by atoms with Crippen LogP contribution >= 0.6 is 82.6 Å². The highest BCUT2D eigenvalue weighted by atomic mass is 79.9. The number of fused-ring (bicyclic) bond motifs is 6. The van der Waals surface area contributed by atoms with Crippen LogP contribution in [0.1, 0.15) is 47.1 Å². The summed E-state index contributed by atoms with van der Waals surface area (Å²) < 4.78 is 53.8. The Morgan fingerprint density at radius 3 is 1.21 bits per heavy atom. The van der Waals surface area contributed by atoms with Crippen molar-refractivity contribution < 1.29 is 52.0 Å². The molecule has 9 aromatic rings. The first-order chi connectivity index (χ1) is 59.8. The normalized spacial score (nSPS) is 20.9. The number of nitrogen functional groups attached to an aromatic ring is 1. The molecule has 6 atom stereocenters. The van der Waals surface area contributed by atoms with E-state index in [0.29, 0.717) is 96.1 Å². The third kappa shape index (κ3) is 25.3. The van der Waals surface area contributed by atoms with Crippen LogP contribution in [0.25, 0.3) is 32.7 Å². The number of likely N-dealkylation sites (tertiary alicyclic amines) is 3. The highest BCUT2D eigenvalue weighted by Crippen LogP contribution is 2.59. The van der Waals surface area contributed by atoms with Gasteiger partial charge in [0.05, 0.1) is 75.1 Å². The summed E-state index contributed by atoms with van der Waals surface area (Å²) in [4.78, 5) is 80.4. The number of piperidine rings is 3. The fourth-order valence-electron chi connectivity index (χ4n) is 15.5. The molecule has 0 radical (unpaired) electrons. The van der Waals surface area contributed by atoms with Crippen LogP contribution in [-0.2, 0) is 41.5 Å². The number of carbonyl (C=O) groups excluding carboxylic acids is 2. The Balaban J connectivity index is 0.000000153. The molecule has 17 rings (SSSR count). The lowest BCUT2D eigenvalue weighted by atomic mass is 9.98. The monoisotopic (exact) mass is 1930 g/mol. The Hall–Kier alpha value is -9.72. The number of rotatable bonds is 19. The maximum absolute atomic E-state index is 14.6. The van der Waals surface area contributed by atoms with Crippen molar-refractivity contribution in [3.8, 4) is 35.5 Å². The summed E-state index contributed by atoms with van der Waals surface area (Å²) in [5.41, 5.74) is 13.7. The van der Waals surface area contributed by atoms with Gasteiger partial charge in [-0.2, -0.15) is 0 Å². The number of carbonyl (C=O) groups is 4. The van der Waals surface area contributed by atoms with E-state index in [4.69, 9.17) is 60.2 Å². The number of morpholine rings is 2. The van der Waals surface area contributed by atoms with Gasteiger partial charge >= 0.3 is 11.9 Å². The van der Waals surface area contributed by atoms with Crippen LogP contribution in [0.4, 0.5) is 53.4 Å². The molecule has 3 aromatic heterocycles. The maximum atomic E-state index is 14.6. The van der Waals surface area contributed by atoms with E-state index in [2.05, 4.69) is 175 Å². The van der Waals surface area contributed by atoms with Gasteiger partial charge in [-0.15, -0.1) is 0 Å². The zero-order chi connectivity index (χ0) is 88.1. The van der Waals surface area contributed by atoms with Gasteiger partial charge in [0.2, 0.25) is 0 Å². The SMILES string of the molecule is C1COCCN1.CN1C[C@H]2C[C@@]2(C#Cc2cc3ncnc(Nc4cccc(Cl)c4F)c3cc2CC(=O)/C=C/CBr)C1.CN1C[C@H]2C[C@@]2(C#Cc2cc3ncnc(Nc4cccc(Cl)c4F)c3cc2CC(=O)/C=C/CN2CCOCC2)C1.CN1C[C@H]2C[C@@]2(C#Cc2cc3ncnc(Nc4cccc(Cl)c4F)c3cc2N)C1.O=C(O)/C=C/CBr.O=C(O)/C=C/CBr. The molecule has 3 aliphatic carbocycles. The lowest BCUT2D eigenvalue weighted by Crippen LogP contribution is -2.36. The first-order valence-electron chi connectivity index (χ1n) is 40.1. The third-order valence-corrected chi connectivity index (χ3v) is 23.9. The van der Waals surface area contributed by atoms with E-state index in [-0.39, 0.29) is 72.8 Å². The number of ether oxygens (including phenoxy) is 2. The molecule has 646 valence electrons. The average molecular weight is 1940 g/mol. The molecule has 0 spiro atoms. The zero-order valence-electron chi connectivity index (χ0n) is 68.3. The molecule has 0 unspecified atom stereocenters. The summed E-state index contributed by atoms with van der Waals surface area (Å²) >= 11 is 27.2. The Bertz CT molecular complexity index is 5740. The molecule has 5 aliphatic heterocycles. The summed E-state index contributed by atoms with van der Waals surface area (Å²) in [6.45, 7) is 13.9. The number of hydrogen-bond donors (Lipinski definition) is 7. The topological polar surface area (TPSA) is 292 Å². The van der Waals surface area contributed by atoms with Crippen molar-refractivity contribution in [2.75, 3.05) is 157 Å². The molecule has 23 nitrogen and oxygen atoms in total. The molecule has 8 N–H and O–H groups in total. The highest BCUT2D eigenvalue weighted by molar-refractivity contribution is 9.09. The number of hydrogen-bond acceptors (Lipinski definition) is 21. The van der Waals surface area contributed by atoms with Crippen LogP contribution in [0.15, 0.2) is 159 Å². The van der Waals surface area contributed by atoms with E-state index in [0.717, 1.165) is 145 Å². The Morgan fingerprint density at radius 1 is 0.516 bits per heavy atom. The van der Waals surface area contributed by atoms with Gasteiger partial charge in [0.1, 0.15) is 36.4 Å². The number of nitrogens with zero attached hydrogens (tertiary/aromatic N) is 10. The number of nitrogens with one attached hydrogen (secondary N) is 4. The largest absolute Gasteiger partial charge is 0.478 e. The molecule has 8 aliphatic rings. The number of carboxylic acid groups (broad SMARTS) is 2. The molecule has 8 fully saturated rings. The Morgan fingerprint density at radius 2 is 0.871 bits per heavy atom. The van der Waals surface area contributed by atoms with Gasteiger partial charge in [-0.25, -0.2) is 52.7 Å². The predicted molar refractivity (Wildman–Crippen MR) is 493 cm³/mol. The second-order valence-electron chi connectivity index (χ2n) is 31.2. The number of anilines is 7. The second kappa shape index (κ2) is 43.9. The molecule has 0 amide bonds. The van der Waals surface area contributed by atoms with Gasteiger partial charge in [0, 0.05) is 168 Å². The van der Waals surface area contributed by atoms with Crippen LogP contribution < -0.4 is 27.0 Å². The van der Waals surface area contributed by atoms with Crippen molar-refractivity contribution in [1.82, 2.24) is 54.8 Å². The third-order valence-electron chi connectivity index (χ3n) is 21.9. The Kier molecular flexibility index (Phi) is 33.1. The molecule has 32 heteroatoms. The molecule has 8 heterocycles. The van der Waals surface area contributed by atoms with Crippen molar-refractivity contribution >= 4 is 179 Å². The van der Waals surface area contributed by atoms with Crippen LogP contribution in [0.5, 0.6) is 0 Å². The summed E-state index contributed by atoms with van der Waals surface area (Å²) in [5, 5.41) is 32.0. The summed E-state index contributed by atoms with van der Waals surface area (Å²) in [7, 11) is 6.39. The van der Waals surface area contributed by atoms with Crippen molar-refractivity contribution in [2.24, 2.45) is 34.0 Å². The molecule has 0 bridgehead atoms. The van der Waals surface area contributed by atoms with Crippen molar-refractivity contribution in [3.05, 3.63) is 219 Å². The fourth-order valence-corrected chi connectivity index (χ4v) is 16.6. The van der Waals surface area contributed by atoms with E-state index < -0.39 is 29.4 Å². The number of alkyl halides is 3. The number of benzene rings is 6. The molecule has 3 saturated carbocycles. The van der Waals surface area contributed by atoms with Crippen molar-refractivity contribution in [3.63, 3.8) is 0 Å². The standard InChI is InChI=1S/C31H31ClFN5O2.C27H23BrClFN4O.C22H19ClFN5.2C4H5BrO2.C4H9NO/c1-37-18-23-17-31(23,19-37)8-7-21-16-28-25(30(35-20-34-28)36-27-6-2-5-26(32)29(27)33)15-22(21)14-24(39)4-3-9-38-10-12-40-13-11-38;1-34-14-19-13-27(19,15-34)8-7-17-12-24-21(11-18(17)10-20(35)4-3-9-28)26(32-16-31-24)33-23-6-2-5-22(29)25(23)30;1-29-10-14-9-22(14,11-29)6-5-13-7-19-15(8-17(13)25)21(27-12-26-19)28-18-4-2-3-16(23)20(18)24;2*5-3-1-2-4(6)7;1-3-6-4-2-5-1/h2-6,15-16,20,23H,9-14,17-19H2,1H3,(H,34,35,36);2-6,11-12,16,19H,9-10,13-15H2,1H3,(H,31,32,33);2-4,7-8,12,14H,9-11,25H2,1H3,(H,26,27,28);2*1-2H,3H2,(H,6,7);5H,1-4H2/b2*4-3+;;2*2-1+;/t23-,31+;19-,27+;14-,22+;;;/m111.../s1. The molecule has 6 aromatic carbocycles. The van der Waals surface area contributed by atoms with E-state index in [1.54, 1.807) is 60.7 Å². The van der Waals surface area contributed by atoms with Crippen LogP contribution in [0, 0.1) is 87.0 Å². The van der Waals surface area contributed by atoms with Crippen LogP contribution in [0.3, 0.4) is 0 Å². The molecule has 124 heavy (non-hydrogen) atoms. The predicted octanol–water partition coefficient (Wildman–Crippen LogP) is 15.7.